The first-order valence-electron chi connectivity index (χ1n) is 10.8. The van der Waals surface area contributed by atoms with Crippen LogP contribution in [0.15, 0.2) is 48.5 Å². The van der Waals surface area contributed by atoms with Crippen molar-refractivity contribution in [1.82, 2.24) is 10.2 Å². The number of carbonyl (C=O) groups is 2. The van der Waals surface area contributed by atoms with Gasteiger partial charge in [0, 0.05) is 24.0 Å². The van der Waals surface area contributed by atoms with Crippen LogP contribution in [-0.4, -0.2) is 35.4 Å². The van der Waals surface area contributed by atoms with Gasteiger partial charge in [0.05, 0.1) is 6.61 Å². The van der Waals surface area contributed by atoms with Crippen molar-refractivity contribution in [3.8, 4) is 5.75 Å². The van der Waals surface area contributed by atoms with Gasteiger partial charge in [-0.05, 0) is 63.4 Å². The van der Waals surface area contributed by atoms with Gasteiger partial charge in [0.1, 0.15) is 11.8 Å². The lowest BCUT2D eigenvalue weighted by atomic mass is 10.1. The van der Waals surface area contributed by atoms with Crippen LogP contribution in [0.2, 0.25) is 5.02 Å². The molecule has 0 fully saturated rings. The smallest absolute Gasteiger partial charge is 0.242 e. The van der Waals surface area contributed by atoms with E-state index in [1.54, 1.807) is 24.0 Å². The zero-order chi connectivity index (χ0) is 22.8. The van der Waals surface area contributed by atoms with Crippen LogP contribution in [0, 0.1) is 6.92 Å². The number of nitrogens with zero attached hydrogens (tertiary/aromatic N) is 1. The van der Waals surface area contributed by atoms with Crippen LogP contribution in [0.25, 0.3) is 0 Å². The molecule has 0 saturated heterocycles. The molecular formula is C25H33ClN2O3. The molecule has 31 heavy (non-hydrogen) atoms. The molecule has 0 spiro atoms. The van der Waals surface area contributed by atoms with E-state index in [-0.39, 0.29) is 17.9 Å². The molecule has 0 aromatic heterocycles. The molecule has 0 radical (unpaired) electrons. The topological polar surface area (TPSA) is 58.6 Å². The number of ether oxygens (including phenoxy) is 1. The minimum Gasteiger partial charge on any atom is -0.494 e. The van der Waals surface area contributed by atoms with Gasteiger partial charge in [0.15, 0.2) is 0 Å². The Morgan fingerprint density at radius 2 is 1.71 bits per heavy atom. The van der Waals surface area contributed by atoms with Crippen LogP contribution in [0.3, 0.4) is 0 Å². The number of hydrogen-bond donors (Lipinski definition) is 1. The third-order valence-electron chi connectivity index (χ3n) is 5.26. The van der Waals surface area contributed by atoms with E-state index in [1.807, 2.05) is 57.2 Å². The van der Waals surface area contributed by atoms with Crippen molar-refractivity contribution in [2.75, 3.05) is 6.61 Å². The molecule has 2 amide bonds. The van der Waals surface area contributed by atoms with Gasteiger partial charge in [-0.1, -0.05) is 48.4 Å². The Hall–Kier alpha value is -2.53. The zero-order valence-corrected chi connectivity index (χ0v) is 19.6. The molecule has 168 valence electrons. The highest BCUT2D eigenvalue weighted by Crippen LogP contribution is 2.16. The molecule has 0 aliphatic carbocycles. The van der Waals surface area contributed by atoms with E-state index < -0.39 is 6.04 Å². The fraction of sp³-hybridized carbons (Fsp3) is 0.440. The molecule has 0 unspecified atom stereocenters. The van der Waals surface area contributed by atoms with Gasteiger partial charge in [-0.2, -0.15) is 0 Å². The molecule has 0 aliphatic heterocycles. The number of rotatable bonds is 11. The summed E-state index contributed by atoms with van der Waals surface area (Å²) in [7, 11) is 0. The number of hydrogen-bond acceptors (Lipinski definition) is 3. The molecule has 0 bridgehead atoms. The van der Waals surface area contributed by atoms with E-state index in [1.165, 1.54) is 5.56 Å². The van der Waals surface area contributed by atoms with Crippen molar-refractivity contribution in [1.29, 1.82) is 0 Å². The second-order valence-electron chi connectivity index (χ2n) is 7.91. The molecule has 0 aliphatic rings. The number of benzene rings is 2. The minimum atomic E-state index is -0.574. The summed E-state index contributed by atoms with van der Waals surface area (Å²) in [6.07, 6.45) is 1.71. The monoisotopic (exact) mass is 444 g/mol. The van der Waals surface area contributed by atoms with Gasteiger partial charge in [-0.15, -0.1) is 0 Å². The summed E-state index contributed by atoms with van der Waals surface area (Å²) in [6, 6.07) is 14.7. The van der Waals surface area contributed by atoms with Crippen LogP contribution >= 0.6 is 11.6 Å². The minimum absolute atomic E-state index is 0.0605. The number of aryl methyl sites for hydroxylation is 1. The van der Waals surface area contributed by atoms with Crippen molar-refractivity contribution in [2.24, 2.45) is 0 Å². The molecular weight excluding hydrogens is 412 g/mol. The summed E-state index contributed by atoms with van der Waals surface area (Å²) in [5.41, 5.74) is 2.10. The molecule has 0 heterocycles. The van der Waals surface area contributed by atoms with Crippen molar-refractivity contribution in [2.45, 2.75) is 65.6 Å². The highest BCUT2D eigenvalue weighted by atomic mass is 35.5. The van der Waals surface area contributed by atoms with E-state index in [0.717, 1.165) is 17.7 Å². The highest BCUT2D eigenvalue weighted by Gasteiger charge is 2.26. The van der Waals surface area contributed by atoms with Crippen LogP contribution in [0.1, 0.15) is 51.2 Å². The van der Waals surface area contributed by atoms with E-state index in [4.69, 9.17) is 16.3 Å². The average Bonchev–Trinajstić information content (AvgIpc) is 2.76. The standard InChI is InChI=1S/C25H33ClN2O3/c1-5-19(3)27-25(30)20(4)28(17-21-10-12-22(26)13-11-21)24(29)7-6-16-31-23-14-8-18(2)9-15-23/h8-15,19-20H,5-7,16-17H2,1-4H3,(H,27,30)/t19-,20+/m1/s1. The summed E-state index contributed by atoms with van der Waals surface area (Å²) in [6.45, 7) is 8.56. The Balaban J connectivity index is 1.99. The summed E-state index contributed by atoms with van der Waals surface area (Å²) >= 11 is 5.98. The molecule has 2 aromatic rings. The molecule has 2 aromatic carbocycles. The van der Waals surface area contributed by atoms with Gasteiger partial charge < -0.3 is 15.0 Å². The maximum absolute atomic E-state index is 13.0. The molecule has 5 nitrogen and oxygen atoms in total. The normalized spacial score (nSPS) is 12.7. The summed E-state index contributed by atoms with van der Waals surface area (Å²) in [5.74, 6) is 0.569. The summed E-state index contributed by atoms with van der Waals surface area (Å²) in [5, 5.41) is 3.61. The number of carbonyl (C=O) groups excluding carboxylic acids is 2. The van der Waals surface area contributed by atoms with Crippen LogP contribution in [-0.2, 0) is 16.1 Å². The summed E-state index contributed by atoms with van der Waals surface area (Å²) in [4.78, 5) is 27.4. The van der Waals surface area contributed by atoms with Crippen LogP contribution in [0.5, 0.6) is 5.75 Å². The Morgan fingerprint density at radius 1 is 1.06 bits per heavy atom. The number of halogens is 1. The van der Waals surface area contributed by atoms with Gasteiger partial charge in [-0.3, -0.25) is 9.59 Å². The Labute approximate surface area is 190 Å². The maximum Gasteiger partial charge on any atom is 0.242 e. The van der Waals surface area contributed by atoms with E-state index in [0.29, 0.717) is 31.0 Å². The Kier molecular flexibility index (Phi) is 9.86. The molecule has 6 heteroatoms. The van der Waals surface area contributed by atoms with Crippen LogP contribution in [0.4, 0.5) is 0 Å². The second-order valence-corrected chi connectivity index (χ2v) is 8.34. The fourth-order valence-corrected chi connectivity index (χ4v) is 3.15. The Morgan fingerprint density at radius 3 is 2.32 bits per heavy atom. The van der Waals surface area contributed by atoms with Gasteiger partial charge in [0.2, 0.25) is 11.8 Å². The van der Waals surface area contributed by atoms with Crippen molar-refractivity contribution < 1.29 is 14.3 Å². The molecule has 1 N–H and O–H groups in total. The quantitative estimate of drug-likeness (QED) is 0.488. The number of amides is 2. The van der Waals surface area contributed by atoms with Crippen molar-refractivity contribution in [3.63, 3.8) is 0 Å². The van der Waals surface area contributed by atoms with Gasteiger partial charge >= 0.3 is 0 Å². The highest BCUT2D eigenvalue weighted by molar-refractivity contribution is 6.30. The third kappa shape index (κ3) is 8.25. The first-order valence-corrected chi connectivity index (χ1v) is 11.2. The zero-order valence-electron chi connectivity index (χ0n) is 18.9. The van der Waals surface area contributed by atoms with Crippen LogP contribution < -0.4 is 10.1 Å². The third-order valence-corrected chi connectivity index (χ3v) is 5.51. The largest absolute Gasteiger partial charge is 0.494 e. The average molecular weight is 445 g/mol. The van der Waals surface area contributed by atoms with E-state index in [2.05, 4.69) is 5.32 Å². The number of nitrogens with one attached hydrogen (secondary N) is 1. The predicted octanol–water partition coefficient (Wildman–Crippen LogP) is 5.14. The van der Waals surface area contributed by atoms with E-state index >= 15 is 0 Å². The van der Waals surface area contributed by atoms with Gasteiger partial charge in [0.25, 0.3) is 0 Å². The molecule has 2 rings (SSSR count). The SMILES string of the molecule is CC[C@@H](C)NC(=O)[C@H](C)N(Cc1ccc(Cl)cc1)C(=O)CCCOc1ccc(C)cc1. The molecule has 2 atom stereocenters. The summed E-state index contributed by atoms with van der Waals surface area (Å²) < 4.78 is 5.73. The first-order chi connectivity index (χ1) is 14.8. The maximum atomic E-state index is 13.0. The molecule has 0 saturated carbocycles. The van der Waals surface area contributed by atoms with Crippen molar-refractivity contribution in [3.05, 3.63) is 64.7 Å². The first kappa shape index (κ1) is 24.7. The van der Waals surface area contributed by atoms with Crippen molar-refractivity contribution >= 4 is 23.4 Å². The second kappa shape index (κ2) is 12.4. The Bertz CT molecular complexity index is 837. The van der Waals surface area contributed by atoms with E-state index in [9.17, 15) is 9.59 Å². The van der Waals surface area contributed by atoms with Gasteiger partial charge in [-0.25, -0.2) is 0 Å². The lowest BCUT2D eigenvalue weighted by Gasteiger charge is -2.29. The predicted molar refractivity (Wildman–Crippen MR) is 125 cm³/mol. The fourth-order valence-electron chi connectivity index (χ4n) is 3.03. The lowest BCUT2D eigenvalue weighted by Crippen LogP contribution is -2.49. The lowest BCUT2D eigenvalue weighted by molar-refractivity contribution is -0.141.